The molecular weight excluding hydrogens is 294 g/mol. The monoisotopic (exact) mass is 321 g/mol. The highest BCUT2D eigenvalue weighted by Gasteiger charge is 2.37. The van der Waals surface area contributed by atoms with Crippen molar-refractivity contribution in [3.05, 3.63) is 23.8 Å². The molecule has 0 aliphatic carbocycles. The maximum absolute atomic E-state index is 12.5. The van der Waals surface area contributed by atoms with Gasteiger partial charge in [0, 0.05) is 0 Å². The number of hydrogen-bond acceptors (Lipinski definition) is 3. The van der Waals surface area contributed by atoms with Gasteiger partial charge in [-0.15, -0.1) is 0 Å². The Morgan fingerprint density at radius 3 is 2.64 bits per heavy atom. The van der Waals surface area contributed by atoms with E-state index in [1.54, 1.807) is 0 Å². The third-order valence-corrected chi connectivity index (χ3v) is 4.40. The second-order valence-electron chi connectivity index (χ2n) is 7.52. The van der Waals surface area contributed by atoms with Gasteiger partial charge in [-0.05, 0) is 49.5 Å². The number of ether oxygens (including phenoxy) is 1. The molecule has 0 radical (unpaired) electrons. The molecule has 1 amide bonds. The zero-order valence-corrected chi connectivity index (χ0v) is 15.6. The molecule has 1 heterocycles. The lowest BCUT2D eigenvalue weighted by Gasteiger charge is -2.35. The van der Waals surface area contributed by atoms with Crippen molar-refractivity contribution < 1.29 is 14.0 Å². The van der Waals surface area contributed by atoms with Crippen LogP contribution in [0.15, 0.2) is 18.2 Å². The third-order valence-electron chi connectivity index (χ3n) is 3.50. The SMILES string of the molecule is Cc1ccc2c(c1)NC(=O)C(C(CC(C)(C)C)O[SiH](C)C)O2. The molecule has 1 N–H and O–H groups in total. The minimum absolute atomic E-state index is 0.0746. The maximum Gasteiger partial charge on any atom is 0.268 e. The molecule has 1 aromatic carbocycles. The Labute approximate surface area is 134 Å². The highest BCUT2D eigenvalue weighted by atomic mass is 28.3. The van der Waals surface area contributed by atoms with Crippen molar-refractivity contribution in [2.24, 2.45) is 5.41 Å². The van der Waals surface area contributed by atoms with E-state index >= 15 is 0 Å². The van der Waals surface area contributed by atoms with Crippen molar-refractivity contribution >= 4 is 20.6 Å². The van der Waals surface area contributed by atoms with E-state index in [1.165, 1.54) is 0 Å². The molecule has 2 unspecified atom stereocenters. The van der Waals surface area contributed by atoms with Crippen LogP contribution < -0.4 is 10.1 Å². The number of anilines is 1. The lowest BCUT2D eigenvalue weighted by molar-refractivity contribution is -0.128. The van der Waals surface area contributed by atoms with Crippen molar-refractivity contribution in [1.82, 2.24) is 0 Å². The fourth-order valence-electron chi connectivity index (χ4n) is 2.66. The van der Waals surface area contributed by atoms with Gasteiger partial charge >= 0.3 is 0 Å². The van der Waals surface area contributed by atoms with Crippen molar-refractivity contribution in [2.45, 2.75) is 59.4 Å². The molecule has 2 rings (SSSR count). The molecule has 0 spiro atoms. The quantitative estimate of drug-likeness (QED) is 0.864. The number of fused-ring (bicyclic) bond motifs is 1. The summed E-state index contributed by atoms with van der Waals surface area (Å²) in [6.07, 6.45) is 0.00253. The smallest absolute Gasteiger partial charge is 0.268 e. The number of hydrogen-bond donors (Lipinski definition) is 1. The van der Waals surface area contributed by atoms with E-state index in [4.69, 9.17) is 9.16 Å². The highest BCUT2D eigenvalue weighted by molar-refractivity contribution is 6.48. The van der Waals surface area contributed by atoms with E-state index in [2.05, 4.69) is 39.2 Å². The number of carbonyl (C=O) groups is 1. The van der Waals surface area contributed by atoms with Gasteiger partial charge in [-0.25, -0.2) is 0 Å². The molecule has 2 atom stereocenters. The first-order valence-electron chi connectivity index (χ1n) is 7.89. The van der Waals surface area contributed by atoms with Crippen molar-refractivity contribution in [3.63, 3.8) is 0 Å². The average Bonchev–Trinajstić information content (AvgIpc) is 2.34. The fourth-order valence-corrected chi connectivity index (χ4v) is 3.60. The Hall–Kier alpha value is -1.33. The standard InChI is InChI=1S/C17H27NO3Si/c1-11-7-8-13-12(9-11)18-16(19)15(20-13)14(21-22(5)6)10-17(2,3)4/h7-9,14-15,22H,10H2,1-6H3,(H,18,19). The van der Waals surface area contributed by atoms with Gasteiger partial charge in [0.15, 0.2) is 9.04 Å². The van der Waals surface area contributed by atoms with Gasteiger partial charge in [0.25, 0.3) is 5.91 Å². The molecule has 1 aliphatic heterocycles. The summed E-state index contributed by atoms with van der Waals surface area (Å²) in [6.45, 7) is 12.7. The van der Waals surface area contributed by atoms with E-state index in [0.29, 0.717) is 0 Å². The van der Waals surface area contributed by atoms with Crippen molar-refractivity contribution in [1.29, 1.82) is 0 Å². The fraction of sp³-hybridized carbons (Fsp3) is 0.588. The third kappa shape index (κ3) is 4.33. The van der Waals surface area contributed by atoms with Gasteiger partial charge in [0.05, 0.1) is 11.8 Å². The second kappa shape index (κ2) is 6.42. The van der Waals surface area contributed by atoms with Crippen LogP contribution in [0.1, 0.15) is 32.8 Å². The second-order valence-corrected chi connectivity index (χ2v) is 9.89. The molecule has 5 heteroatoms. The van der Waals surface area contributed by atoms with Crippen LogP contribution in [0.3, 0.4) is 0 Å². The van der Waals surface area contributed by atoms with Gasteiger partial charge in [-0.1, -0.05) is 26.8 Å². The molecule has 0 saturated heterocycles. The number of carbonyl (C=O) groups excluding carboxylic acids is 1. The molecule has 0 bridgehead atoms. The zero-order chi connectivity index (χ0) is 16.5. The van der Waals surface area contributed by atoms with Gasteiger partial charge in [-0.2, -0.15) is 0 Å². The average molecular weight is 321 g/mol. The summed E-state index contributed by atoms with van der Waals surface area (Å²) in [4.78, 5) is 12.5. The van der Waals surface area contributed by atoms with Crippen LogP contribution in [0, 0.1) is 12.3 Å². The topological polar surface area (TPSA) is 47.6 Å². The van der Waals surface area contributed by atoms with Crippen LogP contribution in [-0.2, 0) is 9.22 Å². The van der Waals surface area contributed by atoms with Crippen LogP contribution >= 0.6 is 0 Å². The van der Waals surface area contributed by atoms with Crippen molar-refractivity contribution in [2.75, 3.05) is 5.32 Å². The lowest BCUT2D eigenvalue weighted by Crippen LogP contribution is -2.49. The first-order chi connectivity index (χ1) is 10.2. The molecule has 0 fully saturated rings. The number of benzene rings is 1. The van der Waals surface area contributed by atoms with Gasteiger partial charge in [0.2, 0.25) is 6.10 Å². The van der Waals surface area contributed by atoms with Crippen LogP contribution in [0.25, 0.3) is 0 Å². The predicted molar refractivity (Wildman–Crippen MR) is 92.0 cm³/mol. The first-order valence-corrected chi connectivity index (χ1v) is 10.7. The number of nitrogens with one attached hydrogen (secondary N) is 1. The van der Waals surface area contributed by atoms with Gasteiger partial charge in [0.1, 0.15) is 5.75 Å². The van der Waals surface area contributed by atoms with Crippen LogP contribution in [0.4, 0.5) is 5.69 Å². The number of aryl methyl sites for hydroxylation is 1. The van der Waals surface area contributed by atoms with Crippen LogP contribution in [-0.4, -0.2) is 27.2 Å². The summed E-state index contributed by atoms with van der Waals surface area (Å²) in [5.74, 6) is 0.616. The predicted octanol–water partition coefficient (Wildman–Crippen LogP) is 3.50. The Morgan fingerprint density at radius 2 is 2.05 bits per heavy atom. The normalized spacial score (nSPS) is 19.4. The molecule has 122 valence electrons. The summed E-state index contributed by atoms with van der Waals surface area (Å²) in [7, 11) is -1.27. The van der Waals surface area contributed by atoms with E-state index in [9.17, 15) is 4.79 Å². The Kier molecular flexibility index (Phi) is 4.97. The molecule has 1 aliphatic rings. The largest absolute Gasteiger partial charge is 0.476 e. The van der Waals surface area contributed by atoms with Crippen LogP contribution in [0.2, 0.25) is 13.1 Å². The molecule has 22 heavy (non-hydrogen) atoms. The van der Waals surface area contributed by atoms with E-state index in [1.807, 2.05) is 25.1 Å². The molecular formula is C17H27NO3Si. The van der Waals surface area contributed by atoms with Crippen molar-refractivity contribution in [3.8, 4) is 5.75 Å². The minimum Gasteiger partial charge on any atom is -0.476 e. The van der Waals surface area contributed by atoms with E-state index < -0.39 is 15.1 Å². The number of rotatable bonds is 4. The molecule has 0 saturated carbocycles. The first kappa shape index (κ1) is 17.0. The molecule has 0 aromatic heterocycles. The highest BCUT2D eigenvalue weighted by Crippen LogP contribution is 2.34. The summed E-state index contributed by atoms with van der Waals surface area (Å²) in [5.41, 5.74) is 1.92. The molecule has 1 aromatic rings. The van der Waals surface area contributed by atoms with E-state index in [0.717, 1.165) is 23.4 Å². The Morgan fingerprint density at radius 1 is 1.36 bits per heavy atom. The number of amides is 1. The van der Waals surface area contributed by atoms with Gasteiger partial charge < -0.3 is 14.5 Å². The lowest BCUT2D eigenvalue weighted by atomic mass is 9.87. The minimum atomic E-state index is -1.27. The zero-order valence-electron chi connectivity index (χ0n) is 14.4. The van der Waals surface area contributed by atoms with E-state index in [-0.39, 0.29) is 17.4 Å². The summed E-state index contributed by atoms with van der Waals surface area (Å²) >= 11 is 0. The maximum atomic E-state index is 12.5. The Balaban J connectivity index is 2.24. The molecule has 4 nitrogen and oxygen atoms in total. The van der Waals surface area contributed by atoms with Gasteiger partial charge in [-0.3, -0.25) is 4.79 Å². The summed E-state index contributed by atoms with van der Waals surface area (Å²) in [5, 5.41) is 2.96. The summed E-state index contributed by atoms with van der Waals surface area (Å²) < 4.78 is 12.1. The van der Waals surface area contributed by atoms with Crippen LogP contribution in [0.5, 0.6) is 5.75 Å². The summed E-state index contributed by atoms with van der Waals surface area (Å²) in [6, 6.07) is 5.84. The Bertz CT molecular complexity index is 551.